The third kappa shape index (κ3) is 38.1. The molecule has 0 saturated heterocycles. The standard InChI is InChI=1S/C46H89NO3/c1-3-5-7-9-11-13-15-17-19-20-21-22-23-24-25-26-27-28-30-32-34-36-38-40-42-46(50)47-44(43-48)45(49)41-39-37-35-33-31-29-18-16-14-12-10-8-6-4-2/h31,33,39,41,44-45,48-49H,3-30,32,34-38,40,42-43H2,1-2H3,(H,47,50)/b33-31+,41-39+. The number of allylic oxidation sites excluding steroid dienone is 3. The summed E-state index contributed by atoms with van der Waals surface area (Å²) >= 11 is 0. The lowest BCUT2D eigenvalue weighted by atomic mass is 10.0. The van der Waals surface area contributed by atoms with E-state index < -0.39 is 12.1 Å². The van der Waals surface area contributed by atoms with Crippen LogP contribution in [0.4, 0.5) is 0 Å². The van der Waals surface area contributed by atoms with Gasteiger partial charge in [0.15, 0.2) is 0 Å². The maximum atomic E-state index is 12.4. The lowest BCUT2D eigenvalue weighted by Gasteiger charge is -2.19. The lowest BCUT2D eigenvalue weighted by molar-refractivity contribution is -0.123. The van der Waals surface area contributed by atoms with E-state index in [9.17, 15) is 15.0 Å². The number of hydrogen-bond acceptors (Lipinski definition) is 3. The Balaban J connectivity index is 3.51. The zero-order valence-electron chi connectivity index (χ0n) is 33.9. The number of aliphatic hydroxyl groups excluding tert-OH is 2. The summed E-state index contributed by atoms with van der Waals surface area (Å²) in [6, 6.07) is -0.634. The van der Waals surface area contributed by atoms with Crippen LogP contribution in [-0.4, -0.2) is 34.9 Å². The molecule has 0 spiro atoms. The summed E-state index contributed by atoms with van der Waals surface area (Å²) in [6.07, 6.45) is 54.4. The van der Waals surface area contributed by atoms with Gasteiger partial charge >= 0.3 is 0 Å². The Hall–Kier alpha value is -1.13. The monoisotopic (exact) mass is 704 g/mol. The molecular formula is C46H89NO3. The molecule has 0 aliphatic rings. The Morgan fingerprint density at radius 1 is 0.460 bits per heavy atom. The van der Waals surface area contributed by atoms with Crippen molar-refractivity contribution in [2.75, 3.05) is 6.61 Å². The quantitative estimate of drug-likeness (QED) is 0.0438. The summed E-state index contributed by atoms with van der Waals surface area (Å²) in [6.45, 7) is 4.30. The largest absolute Gasteiger partial charge is 0.394 e. The van der Waals surface area contributed by atoms with Gasteiger partial charge in [-0.15, -0.1) is 0 Å². The predicted molar refractivity (Wildman–Crippen MR) is 221 cm³/mol. The highest BCUT2D eigenvalue weighted by molar-refractivity contribution is 5.76. The number of aliphatic hydroxyl groups is 2. The van der Waals surface area contributed by atoms with Gasteiger partial charge in [0, 0.05) is 6.42 Å². The van der Waals surface area contributed by atoms with Gasteiger partial charge in [0.1, 0.15) is 0 Å². The van der Waals surface area contributed by atoms with E-state index in [0.29, 0.717) is 6.42 Å². The van der Waals surface area contributed by atoms with Gasteiger partial charge in [-0.25, -0.2) is 0 Å². The maximum Gasteiger partial charge on any atom is 0.220 e. The van der Waals surface area contributed by atoms with Gasteiger partial charge in [-0.05, 0) is 32.1 Å². The number of unbranched alkanes of at least 4 members (excludes halogenated alkanes) is 32. The number of hydrogen-bond donors (Lipinski definition) is 3. The highest BCUT2D eigenvalue weighted by atomic mass is 16.3. The van der Waals surface area contributed by atoms with Crippen LogP contribution in [0.5, 0.6) is 0 Å². The van der Waals surface area contributed by atoms with Crippen molar-refractivity contribution in [1.29, 1.82) is 0 Å². The fourth-order valence-electron chi connectivity index (χ4n) is 6.96. The highest BCUT2D eigenvalue weighted by Gasteiger charge is 2.17. The van der Waals surface area contributed by atoms with Crippen molar-refractivity contribution in [2.24, 2.45) is 0 Å². The van der Waals surface area contributed by atoms with Crippen LogP contribution in [0.3, 0.4) is 0 Å². The minimum Gasteiger partial charge on any atom is -0.394 e. The van der Waals surface area contributed by atoms with E-state index in [1.165, 1.54) is 193 Å². The Bertz CT molecular complexity index is 720. The molecule has 0 saturated carbocycles. The first-order chi connectivity index (χ1) is 24.7. The lowest BCUT2D eigenvalue weighted by Crippen LogP contribution is -2.45. The first kappa shape index (κ1) is 48.9. The molecule has 0 bridgehead atoms. The van der Waals surface area contributed by atoms with Crippen molar-refractivity contribution in [1.82, 2.24) is 5.32 Å². The second-order valence-electron chi connectivity index (χ2n) is 15.5. The van der Waals surface area contributed by atoms with Crippen LogP contribution in [-0.2, 0) is 4.79 Å². The van der Waals surface area contributed by atoms with Crippen LogP contribution >= 0.6 is 0 Å². The molecule has 2 unspecified atom stereocenters. The molecule has 0 rings (SSSR count). The first-order valence-corrected chi connectivity index (χ1v) is 22.6. The maximum absolute atomic E-state index is 12.4. The first-order valence-electron chi connectivity index (χ1n) is 22.6. The van der Waals surface area contributed by atoms with Gasteiger partial charge in [-0.2, -0.15) is 0 Å². The zero-order valence-corrected chi connectivity index (χ0v) is 33.9. The fourth-order valence-corrected chi connectivity index (χ4v) is 6.96. The second kappa shape index (κ2) is 42.3. The number of carbonyl (C=O) groups is 1. The molecule has 0 aromatic heterocycles. The Morgan fingerprint density at radius 3 is 1.16 bits per heavy atom. The summed E-state index contributed by atoms with van der Waals surface area (Å²) in [4.78, 5) is 12.4. The Labute approximate surface area is 313 Å². The molecule has 296 valence electrons. The van der Waals surface area contributed by atoms with Gasteiger partial charge in [-0.1, -0.05) is 231 Å². The molecule has 0 heterocycles. The normalized spacial score (nSPS) is 13.1. The molecule has 0 radical (unpaired) electrons. The van der Waals surface area contributed by atoms with E-state index in [0.717, 1.165) is 32.1 Å². The minimum absolute atomic E-state index is 0.0702. The van der Waals surface area contributed by atoms with E-state index in [1.807, 2.05) is 6.08 Å². The van der Waals surface area contributed by atoms with E-state index in [1.54, 1.807) is 6.08 Å². The van der Waals surface area contributed by atoms with Crippen molar-refractivity contribution in [3.8, 4) is 0 Å². The number of carbonyl (C=O) groups excluding carboxylic acids is 1. The number of nitrogens with one attached hydrogen (secondary N) is 1. The van der Waals surface area contributed by atoms with Gasteiger partial charge in [-0.3, -0.25) is 4.79 Å². The molecule has 0 aromatic carbocycles. The molecule has 0 fully saturated rings. The van der Waals surface area contributed by atoms with Crippen LogP contribution in [0, 0.1) is 0 Å². The van der Waals surface area contributed by atoms with E-state index in [-0.39, 0.29) is 12.5 Å². The average molecular weight is 704 g/mol. The Kier molecular flexibility index (Phi) is 41.3. The third-order valence-corrected chi connectivity index (χ3v) is 10.4. The van der Waals surface area contributed by atoms with Crippen molar-refractivity contribution in [3.63, 3.8) is 0 Å². The summed E-state index contributed by atoms with van der Waals surface area (Å²) < 4.78 is 0. The number of amides is 1. The van der Waals surface area contributed by atoms with Crippen molar-refractivity contribution in [2.45, 2.75) is 257 Å². The van der Waals surface area contributed by atoms with Crippen LogP contribution in [0.1, 0.15) is 245 Å². The van der Waals surface area contributed by atoms with Crippen molar-refractivity contribution in [3.05, 3.63) is 24.3 Å². The number of rotatable bonds is 41. The molecule has 2 atom stereocenters. The van der Waals surface area contributed by atoms with E-state index in [2.05, 4.69) is 31.3 Å². The van der Waals surface area contributed by atoms with Gasteiger partial charge in [0.25, 0.3) is 0 Å². The zero-order chi connectivity index (χ0) is 36.4. The molecule has 4 nitrogen and oxygen atoms in total. The molecule has 1 amide bonds. The van der Waals surface area contributed by atoms with E-state index in [4.69, 9.17) is 0 Å². The SMILES string of the molecule is CCCCCCCCCC/C=C/CC/C=C/C(O)C(CO)NC(=O)CCCCCCCCCCCCCCCCCCCCCCCCCC. The summed E-state index contributed by atoms with van der Waals surface area (Å²) in [7, 11) is 0. The second-order valence-corrected chi connectivity index (χ2v) is 15.5. The van der Waals surface area contributed by atoms with Gasteiger partial charge in [0.05, 0.1) is 18.8 Å². The molecule has 0 aliphatic carbocycles. The summed E-state index contributed by atoms with van der Waals surface area (Å²) in [5.41, 5.74) is 0. The van der Waals surface area contributed by atoms with Crippen LogP contribution in [0.15, 0.2) is 24.3 Å². The predicted octanol–water partition coefficient (Wildman–Crippen LogP) is 14.0. The Morgan fingerprint density at radius 2 is 0.780 bits per heavy atom. The minimum atomic E-state index is -0.857. The van der Waals surface area contributed by atoms with Gasteiger partial charge < -0.3 is 15.5 Å². The molecule has 4 heteroatoms. The van der Waals surface area contributed by atoms with Crippen LogP contribution < -0.4 is 5.32 Å². The average Bonchev–Trinajstić information content (AvgIpc) is 3.12. The molecule has 0 aliphatic heterocycles. The topological polar surface area (TPSA) is 69.6 Å². The van der Waals surface area contributed by atoms with Crippen molar-refractivity contribution >= 4 is 5.91 Å². The van der Waals surface area contributed by atoms with Crippen LogP contribution in [0.2, 0.25) is 0 Å². The van der Waals surface area contributed by atoms with E-state index >= 15 is 0 Å². The smallest absolute Gasteiger partial charge is 0.220 e. The van der Waals surface area contributed by atoms with Crippen LogP contribution in [0.25, 0.3) is 0 Å². The molecule has 3 N–H and O–H groups in total. The molecule has 50 heavy (non-hydrogen) atoms. The fraction of sp³-hybridized carbons (Fsp3) is 0.891. The molecular weight excluding hydrogens is 615 g/mol. The highest BCUT2D eigenvalue weighted by Crippen LogP contribution is 2.16. The molecule has 0 aromatic rings. The van der Waals surface area contributed by atoms with Gasteiger partial charge in [0.2, 0.25) is 5.91 Å². The van der Waals surface area contributed by atoms with Crippen molar-refractivity contribution < 1.29 is 15.0 Å². The summed E-state index contributed by atoms with van der Waals surface area (Å²) in [5, 5.41) is 23.0. The third-order valence-electron chi connectivity index (χ3n) is 10.4. The summed E-state index contributed by atoms with van der Waals surface area (Å²) in [5.74, 6) is -0.0702.